The fourth-order valence-electron chi connectivity index (χ4n) is 1.89. The highest BCUT2D eigenvalue weighted by molar-refractivity contribution is 7.90. The second kappa shape index (κ2) is 6.01. The van der Waals surface area contributed by atoms with Gasteiger partial charge >= 0.3 is 0 Å². The van der Waals surface area contributed by atoms with Crippen molar-refractivity contribution in [3.05, 3.63) is 59.2 Å². The molecule has 0 heterocycles. The quantitative estimate of drug-likeness (QED) is 0.834. The molecule has 3 N–H and O–H groups in total. The van der Waals surface area contributed by atoms with Crippen LogP contribution in [-0.4, -0.2) is 20.0 Å². The Morgan fingerprint density at radius 1 is 1.29 bits per heavy atom. The lowest BCUT2D eigenvalue weighted by molar-refractivity contribution is 0.597. The van der Waals surface area contributed by atoms with Crippen LogP contribution >= 0.6 is 0 Å². The smallest absolute Gasteiger partial charge is 0.283 e. The molecule has 0 atom stereocenters. The molecule has 0 radical (unpaired) electrons. The molecule has 108 valence electrons. The molecule has 1 aromatic rings. The number of allylic oxidation sites excluding steroid dienone is 5. The minimum absolute atomic E-state index is 0.130. The van der Waals surface area contributed by atoms with Gasteiger partial charge < -0.3 is 5.73 Å². The van der Waals surface area contributed by atoms with E-state index in [0.717, 1.165) is 5.56 Å². The minimum Gasteiger partial charge on any atom is -0.326 e. The second-order valence-corrected chi connectivity index (χ2v) is 6.09. The van der Waals surface area contributed by atoms with Crippen LogP contribution in [0, 0.1) is 12.3 Å². The molecule has 0 aliphatic heterocycles. The van der Waals surface area contributed by atoms with Gasteiger partial charge in [0.1, 0.15) is 0 Å². The van der Waals surface area contributed by atoms with E-state index in [4.69, 9.17) is 11.1 Å². The van der Waals surface area contributed by atoms with Gasteiger partial charge in [0, 0.05) is 6.54 Å². The van der Waals surface area contributed by atoms with Crippen molar-refractivity contribution in [3.63, 3.8) is 0 Å². The zero-order valence-electron chi connectivity index (χ0n) is 11.5. The Morgan fingerprint density at radius 3 is 2.67 bits per heavy atom. The molecule has 0 saturated carbocycles. The Bertz CT molecular complexity index is 811. The van der Waals surface area contributed by atoms with E-state index >= 15 is 0 Å². The lowest BCUT2D eigenvalue weighted by Gasteiger charge is -2.08. The van der Waals surface area contributed by atoms with Crippen molar-refractivity contribution in [2.75, 3.05) is 0 Å². The molecule has 5 nitrogen and oxygen atoms in total. The SMILES string of the molecule is Cc1ccc(CN)cc1S(=O)(=O)/N=C1/C=CC=CC1=C=N. The molecule has 0 spiro atoms. The largest absolute Gasteiger partial charge is 0.326 e. The van der Waals surface area contributed by atoms with Gasteiger partial charge in [-0.15, -0.1) is 0 Å². The Kier molecular flexibility index (Phi) is 4.33. The first-order chi connectivity index (χ1) is 9.97. The molecule has 0 fully saturated rings. The van der Waals surface area contributed by atoms with E-state index in [9.17, 15) is 8.42 Å². The van der Waals surface area contributed by atoms with E-state index in [1.54, 1.807) is 37.3 Å². The minimum atomic E-state index is -3.86. The summed E-state index contributed by atoms with van der Waals surface area (Å²) >= 11 is 0. The van der Waals surface area contributed by atoms with E-state index < -0.39 is 10.0 Å². The molecule has 0 unspecified atom stereocenters. The molecule has 0 saturated heterocycles. The molecule has 0 bridgehead atoms. The first-order valence-corrected chi connectivity index (χ1v) is 7.71. The zero-order valence-corrected chi connectivity index (χ0v) is 12.3. The van der Waals surface area contributed by atoms with Gasteiger partial charge in [-0.25, -0.2) is 0 Å². The Balaban J connectivity index is 2.56. The summed E-state index contributed by atoms with van der Waals surface area (Å²) in [6, 6.07) is 5.03. The molecule has 1 aliphatic carbocycles. The van der Waals surface area contributed by atoms with Crippen molar-refractivity contribution in [3.8, 4) is 0 Å². The average Bonchev–Trinajstić information content (AvgIpc) is 2.47. The summed E-state index contributed by atoms with van der Waals surface area (Å²) in [7, 11) is -3.86. The molecular weight excluding hydrogens is 286 g/mol. The summed E-state index contributed by atoms with van der Waals surface area (Å²) in [6.45, 7) is 1.96. The molecule has 21 heavy (non-hydrogen) atoms. The van der Waals surface area contributed by atoms with Gasteiger partial charge in [-0.1, -0.05) is 24.3 Å². The highest BCUT2D eigenvalue weighted by Gasteiger charge is 2.18. The van der Waals surface area contributed by atoms with E-state index in [2.05, 4.69) is 10.3 Å². The van der Waals surface area contributed by atoms with Crippen LogP contribution in [0.4, 0.5) is 0 Å². The number of sulfonamides is 1. The summed E-state index contributed by atoms with van der Waals surface area (Å²) in [4.78, 5) is 0.130. The van der Waals surface area contributed by atoms with Gasteiger partial charge in [-0.2, -0.15) is 12.8 Å². The van der Waals surface area contributed by atoms with Crippen LogP contribution in [0.15, 0.2) is 57.4 Å². The van der Waals surface area contributed by atoms with Crippen molar-refractivity contribution in [2.24, 2.45) is 10.1 Å². The molecule has 2 rings (SSSR count). The number of hydrogen-bond donors (Lipinski definition) is 2. The van der Waals surface area contributed by atoms with Crippen LogP contribution in [0.3, 0.4) is 0 Å². The summed E-state index contributed by atoms with van der Waals surface area (Å²) in [6.07, 6.45) is 6.49. The van der Waals surface area contributed by atoms with Gasteiger partial charge in [0.25, 0.3) is 10.0 Å². The fourth-order valence-corrected chi connectivity index (χ4v) is 3.18. The summed E-state index contributed by atoms with van der Waals surface area (Å²) in [5, 5.41) is 7.18. The van der Waals surface area contributed by atoms with Crippen LogP contribution in [0.25, 0.3) is 0 Å². The van der Waals surface area contributed by atoms with E-state index in [1.807, 2.05) is 0 Å². The molecule has 1 aliphatic rings. The summed E-state index contributed by atoms with van der Waals surface area (Å²) in [5.41, 5.74) is 7.40. The highest BCUT2D eigenvalue weighted by atomic mass is 32.2. The number of benzene rings is 1. The maximum Gasteiger partial charge on any atom is 0.283 e. The maximum absolute atomic E-state index is 12.5. The van der Waals surface area contributed by atoms with Gasteiger partial charge in [-0.3, -0.25) is 5.41 Å². The van der Waals surface area contributed by atoms with Gasteiger partial charge in [0.15, 0.2) is 0 Å². The lowest BCUT2D eigenvalue weighted by atomic mass is 10.1. The van der Waals surface area contributed by atoms with Crippen LogP contribution in [-0.2, 0) is 16.6 Å². The number of nitrogens with two attached hydrogens (primary N) is 1. The van der Waals surface area contributed by atoms with Crippen molar-refractivity contribution in [1.29, 1.82) is 5.41 Å². The van der Waals surface area contributed by atoms with E-state index in [0.29, 0.717) is 11.1 Å². The van der Waals surface area contributed by atoms with Crippen LogP contribution in [0.5, 0.6) is 0 Å². The van der Waals surface area contributed by atoms with E-state index in [-0.39, 0.29) is 17.2 Å². The van der Waals surface area contributed by atoms with Gasteiger partial charge in [0.05, 0.1) is 16.2 Å². The normalized spacial score (nSPS) is 16.3. The van der Waals surface area contributed by atoms with Gasteiger partial charge in [0.2, 0.25) is 0 Å². The van der Waals surface area contributed by atoms with Crippen molar-refractivity contribution < 1.29 is 8.42 Å². The highest BCUT2D eigenvalue weighted by Crippen LogP contribution is 2.21. The maximum atomic E-state index is 12.5. The Labute approximate surface area is 123 Å². The number of rotatable bonds is 3. The predicted molar refractivity (Wildman–Crippen MR) is 83.2 cm³/mol. The number of aryl methyl sites for hydroxylation is 1. The first-order valence-electron chi connectivity index (χ1n) is 6.27. The Morgan fingerprint density at radius 2 is 2.00 bits per heavy atom. The first kappa shape index (κ1) is 15.1. The fraction of sp³-hybridized carbons (Fsp3) is 0.133. The van der Waals surface area contributed by atoms with Crippen LogP contribution in [0.2, 0.25) is 0 Å². The van der Waals surface area contributed by atoms with Crippen molar-refractivity contribution in [2.45, 2.75) is 18.4 Å². The standard InChI is InChI=1S/C15H15N3O2S/c1-11-6-7-12(9-16)8-15(11)21(19,20)18-14-5-3-2-4-13(14)10-17/h2-8,17H,9,16H2,1H3/b18-14-. The summed E-state index contributed by atoms with van der Waals surface area (Å²) < 4.78 is 28.7. The molecule has 6 heteroatoms. The van der Waals surface area contributed by atoms with Crippen molar-refractivity contribution in [1.82, 2.24) is 0 Å². The molecule has 0 amide bonds. The van der Waals surface area contributed by atoms with Gasteiger partial charge in [-0.05, 0) is 42.1 Å². The Hall–Kier alpha value is -2.27. The van der Waals surface area contributed by atoms with Crippen LogP contribution in [0.1, 0.15) is 11.1 Å². The second-order valence-electron chi connectivity index (χ2n) is 4.51. The molecule has 1 aromatic carbocycles. The third-order valence-electron chi connectivity index (χ3n) is 3.02. The lowest BCUT2D eigenvalue weighted by Crippen LogP contribution is -2.08. The average molecular weight is 301 g/mol. The zero-order chi connectivity index (χ0) is 15.5. The third kappa shape index (κ3) is 3.25. The van der Waals surface area contributed by atoms with Crippen molar-refractivity contribution >= 4 is 21.6 Å². The number of nitrogens with one attached hydrogen (secondary N) is 1. The van der Waals surface area contributed by atoms with E-state index in [1.165, 1.54) is 12.1 Å². The topological polar surface area (TPSA) is 96.4 Å². The molecular formula is C15H15N3O2S. The number of hydrogen-bond acceptors (Lipinski definition) is 4. The molecule has 0 aromatic heterocycles. The monoisotopic (exact) mass is 301 g/mol. The van der Waals surface area contributed by atoms with Crippen LogP contribution < -0.4 is 5.73 Å². The number of nitrogens with zero attached hydrogens (tertiary/aromatic N) is 1. The predicted octanol–water partition coefficient (Wildman–Crippen LogP) is 1.88. The summed E-state index contributed by atoms with van der Waals surface area (Å²) in [5.74, 6) is 2.18. The third-order valence-corrected chi connectivity index (χ3v) is 4.46.